The van der Waals surface area contributed by atoms with Gasteiger partial charge in [-0.3, -0.25) is 4.79 Å². The molecule has 2 aromatic rings. The molecule has 108 valence electrons. The molecule has 21 heavy (non-hydrogen) atoms. The zero-order valence-corrected chi connectivity index (χ0v) is 12.6. The van der Waals surface area contributed by atoms with E-state index in [0.717, 1.165) is 38.5 Å². The van der Waals surface area contributed by atoms with Gasteiger partial charge in [0.15, 0.2) is 5.78 Å². The molecule has 1 aliphatic rings. The maximum atomic E-state index is 12.8. The number of likely N-dealkylation sites (N-methyl/N-ethyl adjacent to an activating group) is 1. The van der Waals surface area contributed by atoms with Crippen LogP contribution in [0.2, 0.25) is 0 Å². The molecule has 0 aromatic heterocycles. The number of nitrogens with two attached hydrogens (primary N) is 1. The number of Topliss-reactive ketones (excluding diaryl/α,β-unsaturated/α-hetero) is 1. The van der Waals surface area contributed by atoms with Gasteiger partial charge in [-0.2, -0.15) is 0 Å². The minimum absolute atomic E-state index is 0.155. The van der Waals surface area contributed by atoms with Crippen LogP contribution in [0.15, 0.2) is 42.0 Å². The van der Waals surface area contributed by atoms with Crippen molar-refractivity contribution in [2.24, 2.45) is 5.73 Å². The van der Waals surface area contributed by atoms with Crippen molar-refractivity contribution in [2.75, 3.05) is 33.7 Å². The van der Waals surface area contributed by atoms with Gasteiger partial charge in [0.2, 0.25) is 0 Å². The van der Waals surface area contributed by atoms with Crippen LogP contribution in [0.5, 0.6) is 0 Å². The number of hydrogen-bond acceptors (Lipinski definition) is 2. The first kappa shape index (κ1) is 14.0. The minimum atomic E-state index is 0.155. The van der Waals surface area contributed by atoms with Crippen LogP contribution in [-0.4, -0.2) is 44.0 Å². The van der Waals surface area contributed by atoms with Crippen molar-refractivity contribution >= 4 is 22.6 Å². The summed E-state index contributed by atoms with van der Waals surface area (Å²) in [7, 11) is 4.23. The molecule has 3 nitrogen and oxygen atoms in total. The molecular formula is C18H21N2O+. The summed E-state index contributed by atoms with van der Waals surface area (Å²) in [6.45, 7) is 2.19. The molecule has 0 radical (unpaired) electrons. The van der Waals surface area contributed by atoms with E-state index in [1.54, 1.807) is 0 Å². The molecule has 3 heteroatoms. The van der Waals surface area contributed by atoms with E-state index in [2.05, 4.69) is 32.3 Å². The van der Waals surface area contributed by atoms with Crippen LogP contribution in [0.1, 0.15) is 15.9 Å². The summed E-state index contributed by atoms with van der Waals surface area (Å²) in [6.07, 6.45) is 2.05. The molecule has 0 heterocycles. The van der Waals surface area contributed by atoms with E-state index in [1.807, 2.05) is 24.3 Å². The van der Waals surface area contributed by atoms with E-state index in [1.165, 1.54) is 0 Å². The van der Waals surface area contributed by atoms with Crippen molar-refractivity contribution in [3.8, 4) is 0 Å². The van der Waals surface area contributed by atoms with Gasteiger partial charge in [-0.1, -0.05) is 36.4 Å². The second-order valence-electron chi connectivity index (χ2n) is 6.36. The fourth-order valence-electron chi connectivity index (χ4n) is 3.11. The predicted molar refractivity (Wildman–Crippen MR) is 87.2 cm³/mol. The van der Waals surface area contributed by atoms with Gasteiger partial charge in [0, 0.05) is 17.5 Å². The molecule has 1 aliphatic carbocycles. The monoisotopic (exact) mass is 281 g/mol. The first-order valence-corrected chi connectivity index (χ1v) is 7.31. The molecule has 0 aliphatic heterocycles. The Kier molecular flexibility index (Phi) is 3.40. The van der Waals surface area contributed by atoms with Crippen LogP contribution in [0.25, 0.3) is 16.8 Å². The van der Waals surface area contributed by atoms with Crippen LogP contribution in [0, 0.1) is 0 Å². The number of nitrogens with zero attached hydrogens (tertiary/aromatic N) is 1. The maximum absolute atomic E-state index is 12.8. The van der Waals surface area contributed by atoms with E-state index < -0.39 is 0 Å². The Balaban J connectivity index is 2.08. The molecule has 0 spiro atoms. The van der Waals surface area contributed by atoms with Crippen LogP contribution in [0.4, 0.5) is 0 Å². The van der Waals surface area contributed by atoms with Gasteiger partial charge < -0.3 is 10.2 Å². The van der Waals surface area contributed by atoms with Gasteiger partial charge in [-0.05, 0) is 17.0 Å². The Morgan fingerprint density at radius 3 is 2.52 bits per heavy atom. The lowest BCUT2D eigenvalue weighted by atomic mass is 9.87. The second-order valence-corrected chi connectivity index (χ2v) is 6.36. The van der Waals surface area contributed by atoms with Crippen molar-refractivity contribution in [1.29, 1.82) is 0 Å². The number of carbonyl (C=O) groups is 1. The average molecular weight is 281 g/mol. The third-order valence-electron chi connectivity index (χ3n) is 4.14. The van der Waals surface area contributed by atoms with Crippen molar-refractivity contribution in [1.82, 2.24) is 0 Å². The first-order chi connectivity index (χ1) is 10.0. The SMILES string of the molecule is C[N+](C)(CCN)CC1=Cc2cccc3cccc(c23)C1=O. The number of benzene rings is 2. The van der Waals surface area contributed by atoms with Crippen LogP contribution in [-0.2, 0) is 0 Å². The minimum Gasteiger partial charge on any atom is -0.326 e. The number of quaternary nitrogens is 1. The summed E-state index contributed by atoms with van der Waals surface area (Å²) in [6, 6.07) is 12.1. The number of ketones is 1. The fraction of sp³-hybridized carbons (Fsp3) is 0.278. The number of rotatable bonds is 4. The van der Waals surface area contributed by atoms with Gasteiger partial charge in [0.05, 0.1) is 26.2 Å². The largest absolute Gasteiger partial charge is 0.326 e. The Hall–Kier alpha value is -1.97. The highest BCUT2D eigenvalue weighted by atomic mass is 16.1. The van der Waals surface area contributed by atoms with Gasteiger partial charge in [-0.25, -0.2) is 0 Å². The summed E-state index contributed by atoms with van der Waals surface area (Å²) in [4.78, 5) is 12.8. The van der Waals surface area contributed by atoms with Gasteiger partial charge in [0.1, 0.15) is 6.54 Å². The van der Waals surface area contributed by atoms with E-state index in [9.17, 15) is 4.79 Å². The lowest BCUT2D eigenvalue weighted by Gasteiger charge is -2.31. The molecule has 2 aromatic carbocycles. The molecule has 0 saturated heterocycles. The highest BCUT2D eigenvalue weighted by molar-refractivity contribution is 6.22. The van der Waals surface area contributed by atoms with E-state index in [-0.39, 0.29) is 5.78 Å². The summed E-state index contributed by atoms with van der Waals surface area (Å²) >= 11 is 0. The summed E-state index contributed by atoms with van der Waals surface area (Å²) < 4.78 is 0.728. The molecule has 0 amide bonds. The van der Waals surface area contributed by atoms with Gasteiger partial charge in [0.25, 0.3) is 0 Å². The second kappa shape index (κ2) is 5.10. The summed E-state index contributed by atoms with van der Waals surface area (Å²) in [5, 5.41) is 2.21. The van der Waals surface area contributed by atoms with E-state index in [0.29, 0.717) is 13.1 Å². The third kappa shape index (κ3) is 2.50. The molecule has 0 bridgehead atoms. The maximum Gasteiger partial charge on any atom is 0.195 e. The number of carbonyl (C=O) groups excluding carboxylic acids is 1. The Bertz CT molecular complexity index is 739. The standard InChI is InChI=1S/C18H21N2O/c1-20(2,10-9-19)12-15-11-14-7-3-5-13-6-4-8-16(17(13)14)18(15)21/h3-8,11H,9-10,12,19H2,1-2H3/q+1. The van der Waals surface area contributed by atoms with Crippen LogP contribution in [0.3, 0.4) is 0 Å². The fourth-order valence-corrected chi connectivity index (χ4v) is 3.11. The lowest BCUT2D eigenvalue weighted by molar-refractivity contribution is -0.883. The topological polar surface area (TPSA) is 43.1 Å². The lowest BCUT2D eigenvalue weighted by Crippen LogP contribution is -2.45. The highest BCUT2D eigenvalue weighted by Crippen LogP contribution is 2.31. The molecular weight excluding hydrogens is 260 g/mol. The van der Waals surface area contributed by atoms with Gasteiger partial charge >= 0.3 is 0 Å². The first-order valence-electron chi connectivity index (χ1n) is 7.31. The zero-order valence-electron chi connectivity index (χ0n) is 12.6. The molecule has 0 saturated carbocycles. The summed E-state index contributed by atoms with van der Waals surface area (Å²) in [5.74, 6) is 0.155. The predicted octanol–water partition coefficient (Wildman–Crippen LogP) is 2.45. The molecule has 0 fully saturated rings. The van der Waals surface area contributed by atoms with Crippen molar-refractivity contribution < 1.29 is 9.28 Å². The Labute approximate surface area is 125 Å². The smallest absolute Gasteiger partial charge is 0.195 e. The molecule has 0 unspecified atom stereocenters. The highest BCUT2D eigenvalue weighted by Gasteiger charge is 2.26. The summed E-state index contributed by atoms with van der Waals surface area (Å²) in [5.41, 5.74) is 8.52. The normalized spacial score (nSPS) is 14.4. The molecule has 2 N–H and O–H groups in total. The Morgan fingerprint density at radius 2 is 1.81 bits per heavy atom. The zero-order chi connectivity index (χ0) is 15.0. The van der Waals surface area contributed by atoms with E-state index in [4.69, 9.17) is 5.73 Å². The van der Waals surface area contributed by atoms with Crippen LogP contribution < -0.4 is 5.73 Å². The van der Waals surface area contributed by atoms with Crippen molar-refractivity contribution in [3.63, 3.8) is 0 Å². The van der Waals surface area contributed by atoms with Crippen molar-refractivity contribution in [2.45, 2.75) is 0 Å². The average Bonchev–Trinajstić information content (AvgIpc) is 2.44. The van der Waals surface area contributed by atoms with E-state index >= 15 is 0 Å². The molecule has 0 atom stereocenters. The number of hydrogen-bond donors (Lipinski definition) is 1. The van der Waals surface area contributed by atoms with Gasteiger partial charge in [-0.15, -0.1) is 0 Å². The third-order valence-corrected chi connectivity index (χ3v) is 4.14. The van der Waals surface area contributed by atoms with Crippen molar-refractivity contribution in [3.05, 3.63) is 53.1 Å². The Morgan fingerprint density at radius 1 is 1.10 bits per heavy atom. The van der Waals surface area contributed by atoms with Crippen LogP contribution >= 0.6 is 0 Å². The molecule has 3 rings (SSSR count). The quantitative estimate of drug-likeness (QED) is 0.875.